The first kappa shape index (κ1) is 14.1. The number of benzene rings is 1. The molecule has 4 nitrogen and oxygen atoms in total. The van der Waals surface area contributed by atoms with Gasteiger partial charge in [0.25, 0.3) is 0 Å². The molecule has 7 heteroatoms. The molecule has 2 aromatic rings. The van der Waals surface area contributed by atoms with Gasteiger partial charge in [-0.25, -0.2) is 14.4 Å². The maximum atomic E-state index is 13.3. The summed E-state index contributed by atoms with van der Waals surface area (Å²) >= 11 is 0. The summed E-state index contributed by atoms with van der Waals surface area (Å²) in [5.41, 5.74) is 0.953. The van der Waals surface area contributed by atoms with Crippen molar-refractivity contribution < 1.29 is 22.6 Å². The summed E-state index contributed by atoms with van der Waals surface area (Å²) in [4.78, 5) is 7.80. The molecule has 20 heavy (non-hydrogen) atoms. The normalized spacial score (nSPS) is 10.7. The lowest BCUT2D eigenvalue weighted by molar-refractivity contribution is -0.0522. The molecule has 0 saturated heterocycles. The van der Waals surface area contributed by atoms with Gasteiger partial charge in [0, 0.05) is 12.5 Å². The summed E-state index contributed by atoms with van der Waals surface area (Å²) in [5.74, 6) is -1.02. The first-order valence-corrected chi connectivity index (χ1v) is 5.53. The van der Waals surface area contributed by atoms with Gasteiger partial charge < -0.3 is 9.47 Å². The highest BCUT2D eigenvalue weighted by molar-refractivity contribution is 5.39. The summed E-state index contributed by atoms with van der Waals surface area (Å²) in [6, 6.07) is 5.18. The summed E-state index contributed by atoms with van der Waals surface area (Å²) < 4.78 is 46.5. The van der Waals surface area contributed by atoms with Gasteiger partial charge in [-0.05, 0) is 17.7 Å². The van der Waals surface area contributed by atoms with E-state index >= 15 is 0 Å². The third-order valence-corrected chi connectivity index (χ3v) is 2.36. The van der Waals surface area contributed by atoms with Crippen LogP contribution in [0.5, 0.6) is 11.6 Å². The molecule has 1 aromatic heterocycles. The topological polar surface area (TPSA) is 44.2 Å². The van der Waals surface area contributed by atoms with E-state index in [1.807, 2.05) is 0 Å². The van der Waals surface area contributed by atoms with Crippen molar-refractivity contribution in [2.75, 3.05) is 7.11 Å². The third kappa shape index (κ3) is 3.59. The van der Waals surface area contributed by atoms with Gasteiger partial charge in [0.2, 0.25) is 5.88 Å². The number of nitrogens with zero attached hydrogens (tertiary/aromatic N) is 2. The van der Waals surface area contributed by atoms with Crippen LogP contribution in [0.15, 0.2) is 30.6 Å². The van der Waals surface area contributed by atoms with E-state index in [0.29, 0.717) is 17.1 Å². The fraction of sp³-hybridized carbons (Fsp3) is 0.154. The average Bonchev–Trinajstić information content (AvgIpc) is 2.42. The van der Waals surface area contributed by atoms with E-state index in [4.69, 9.17) is 4.74 Å². The number of ether oxygens (including phenoxy) is 2. The number of halogens is 3. The van der Waals surface area contributed by atoms with E-state index in [1.165, 1.54) is 19.5 Å². The van der Waals surface area contributed by atoms with Crippen LogP contribution in [0.3, 0.4) is 0 Å². The quantitative estimate of drug-likeness (QED) is 0.846. The number of rotatable bonds is 5. The highest BCUT2D eigenvalue weighted by atomic mass is 19.3. The molecule has 0 fully saturated rings. The van der Waals surface area contributed by atoms with Crippen molar-refractivity contribution in [3.63, 3.8) is 0 Å². The van der Waals surface area contributed by atoms with Gasteiger partial charge in [-0.15, -0.1) is 0 Å². The molecule has 0 saturated carbocycles. The predicted octanol–water partition coefficient (Wildman–Crippen LogP) is 2.83. The molecule has 1 heterocycles. The molecule has 0 aliphatic rings. The Morgan fingerprint density at radius 2 is 2.00 bits per heavy atom. The monoisotopic (exact) mass is 283 g/mol. The van der Waals surface area contributed by atoms with Crippen LogP contribution in [0.4, 0.5) is 13.2 Å². The van der Waals surface area contributed by atoms with Gasteiger partial charge in [0.1, 0.15) is 6.33 Å². The van der Waals surface area contributed by atoms with Gasteiger partial charge in [0.05, 0.1) is 12.8 Å². The standard InChI is InChI=1S/C13H10F3N2O2/c1-19-12-6-9(17-7-18-12)4-8-2-3-10(14)11(5-8)20-13(15)16/h2-7,13H,1H3. The number of alkyl halides is 2. The van der Waals surface area contributed by atoms with Crippen LogP contribution < -0.4 is 9.47 Å². The second-order valence-electron chi connectivity index (χ2n) is 3.70. The molecular weight excluding hydrogens is 273 g/mol. The highest BCUT2D eigenvalue weighted by Crippen LogP contribution is 2.23. The zero-order valence-corrected chi connectivity index (χ0v) is 10.4. The minimum atomic E-state index is -3.08. The fourth-order valence-electron chi connectivity index (χ4n) is 1.51. The van der Waals surface area contributed by atoms with Crippen LogP contribution in [0.25, 0.3) is 0 Å². The Morgan fingerprint density at radius 3 is 2.70 bits per heavy atom. The van der Waals surface area contributed by atoms with Crippen LogP contribution in [-0.4, -0.2) is 23.7 Å². The van der Waals surface area contributed by atoms with Crippen LogP contribution in [0.1, 0.15) is 11.3 Å². The smallest absolute Gasteiger partial charge is 0.387 e. The minimum absolute atomic E-state index is 0.359. The highest BCUT2D eigenvalue weighted by Gasteiger charge is 2.11. The van der Waals surface area contributed by atoms with E-state index < -0.39 is 18.2 Å². The van der Waals surface area contributed by atoms with E-state index in [2.05, 4.69) is 14.7 Å². The number of methoxy groups -OCH3 is 1. The Balaban J connectivity index is 2.20. The van der Waals surface area contributed by atoms with E-state index in [9.17, 15) is 13.2 Å². The Labute approximate surface area is 113 Å². The molecule has 1 radical (unpaired) electrons. The van der Waals surface area contributed by atoms with Gasteiger partial charge in [-0.3, -0.25) is 0 Å². The van der Waals surface area contributed by atoms with Crippen molar-refractivity contribution >= 4 is 0 Å². The molecule has 0 N–H and O–H groups in total. The Morgan fingerprint density at radius 1 is 1.20 bits per heavy atom. The van der Waals surface area contributed by atoms with Gasteiger partial charge in [-0.2, -0.15) is 8.78 Å². The average molecular weight is 283 g/mol. The van der Waals surface area contributed by atoms with Gasteiger partial charge >= 0.3 is 6.61 Å². The van der Waals surface area contributed by atoms with Gasteiger partial charge in [0.15, 0.2) is 11.6 Å². The van der Waals surface area contributed by atoms with Crippen LogP contribution in [0, 0.1) is 12.2 Å². The van der Waals surface area contributed by atoms with E-state index in [-0.39, 0.29) is 0 Å². The second kappa shape index (κ2) is 6.23. The molecular formula is C13H10F3N2O2. The molecule has 0 amide bonds. The maximum Gasteiger partial charge on any atom is 0.387 e. The number of aromatic nitrogens is 2. The maximum absolute atomic E-state index is 13.3. The fourth-order valence-corrected chi connectivity index (χ4v) is 1.51. The zero-order valence-electron chi connectivity index (χ0n) is 10.4. The Bertz CT molecular complexity index is 594. The van der Waals surface area contributed by atoms with Crippen LogP contribution in [-0.2, 0) is 0 Å². The van der Waals surface area contributed by atoms with Crippen molar-refractivity contribution in [2.45, 2.75) is 6.61 Å². The predicted molar refractivity (Wildman–Crippen MR) is 64.1 cm³/mol. The number of hydrogen-bond acceptors (Lipinski definition) is 4. The summed E-state index contributed by atoms with van der Waals surface area (Å²) in [6.45, 7) is -3.08. The molecule has 0 atom stereocenters. The lowest BCUT2D eigenvalue weighted by Crippen LogP contribution is -2.04. The summed E-state index contributed by atoms with van der Waals surface area (Å²) in [6.07, 6.45) is 2.85. The van der Waals surface area contributed by atoms with E-state index in [0.717, 1.165) is 12.1 Å². The molecule has 0 aliphatic heterocycles. The molecule has 0 unspecified atom stereocenters. The third-order valence-electron chi connectivity index (χ3n) is 2.36. The molecule has 1 aromatic carbocycles. The van der Waals surface area contributed by atoms with Crippen molar-refractivity contribution in [1.29, 1.82) is 0 Å². The summed E-state index contributed by atoms with van der Waals surface area (Å²) in [7, 11) is 1.46. The van der Waals surface area contributed by atoms with E-state index in [1.54, 1.807) is 12.5 Å². The zero-order chi connectivity index (χ0) is 14.5. The lowest BCUT2D eigenvalue weighted by Gasteiger charge is -2.08. The first-order chi connectivity index (χ1) is 9.58. The Hall–Kier alpha value is -2.31. The molecule has 0 aliphatic carbocycles. The van der Waals surface area contributed by atoms with Crippen molar-refractivity contribution in [1.82, 2.24) is 9.97 Å². The largest absolute Gasteiger partial charge is 0.481 e. The van der Waals surface area contributed by atoms with Crippen LogP contribution in [0.2, 0.25) is 0 Å². The SMILES string of the molecule is COc1cc([CH]c2ccc(F)c(OC(F)F)c2)ncn1. The van der Waals surface area contributed by atoms with Gasteiger partial charge in [-0.1, -0.05) is 6.07 Å². The molecule has 0 bridgehead atoms. The second-order valence-corrected chi connectivity index (χ2v) is 3.70. The molecule has 105 valence electrons. The summed E-state index contributed by atoms with van der Waals surface area (Å²) in [5, 5.41) is 0. The lowest BCUT2D eigenvalue weighted by atomic mass is 10.1. The first-order valence-electron chi connectivity index (χ1n) is 5.53. The van der Waals surface area contributed by atoms with Crippen molar-refractivity contribution in [2.24, 2.45) is 0 Å². The molecule has 0 spiro atoms. The van der Waals surface area contributed by atoms with Crippen LogP contribution >= 0.6 is 0 Å². The van der Waals surface area contributed by atoms with Crippen molar-refractivity contribution in [3.05, 3.63) is 54.1 Å². The molecule has 2 rings (SSSR count). The number of hydrogen-bond donors (Lipinski definition) is 0. The Kier molecular flexibility index (Phi) is 4.39. The minimum Gasteiger partial charge on any atom is -0.481 e. The van der Waals surface area contributed by atoms with Crippen molar-refractivity contribution in [3.8, 4) is 11.6 Å².